The quantitative estimate of drug-likeness (QED) is 0.527. The summed E-state index contributed by atoms with van der Waals surface area (Å²) in [4.78, 5) is 25.3. The predicted molar refractivity (Wildman–Crippen MR) is 115 cm³/mol. The van der Waals surface area contributed by atoms with Crippen molar-refractivity contribution in [3.05, 3.63) is 59.5 Å². The molecule has 2 N–H and O–H groups in total. The number of aromatic amines is 1. The molecule has 146 valence electrons. The second-order valence-corrected chi connectivity index (χ2v) is 7.77. The molecule has 0 aliphatic carbocycles. The Hall–Kier alpha value is -3.46. The number of rotatable bonds is 5. The summed E-state index contributed by atoms with van der Waals surface area (Å²) in [6.07, 6.45) is 3.49. The number of aryl methyl sites for hydroxylation is 1. The maximum Gasteiger partial charge on any atom is 0.329 e. The van der Waals surface area contributed by atoms with E-state index in [1.54, 1.807) is 33.5 Å². The van der Waals surface area contributed by atoms with Crippen molar-refractivity contribution in [2.45, 2.75) is 13.5 Å². The normalized spacial score (nSPS) is 14.2. The monoisotopic (exact) mass is 405 g/mol. The minimum Gasteiger partial charge on any atom is -0.364 e. The first-order valence-electron chi connectivity index (χ1n) is 9.30. The van der Waals surface area contributed by atoms with E-state index in [0.29, 0.717) is 19.6 Å². The van der Waals surface area contributed by atoms with Gasteiger partial charge in [0.05, 0.1) is 27.6 Å². The molecule has 0 bridgehead atoms. The standard InChI is InChI=1S/C20H19N7OS/c1-13-8-19(25-24-13)22-10-14-4-5-21-11-17(14)27-7-6-26(20(27)28)15-2-3-16-18(9-15)29-12-23-16/h2-5,8-9,11-12H,6-7,10H2,1H3,(H2,22,24,25). The van der Waals surface area contributed by atoms with Gasteiger partial charge in [0.15, 0.2) is 0 Å². The molecule has 4 aromatic rings. The molecular weight excluding hydrogens is 386 g/mol. The smallest absolute Gasteiger partial charge is 0.329 e. The van der Waals surface area contributed by atoms with E-state index in [0.717, 1.165) is 38.7 Å². The Morgan fingerprint density at radius 1 is 1.21 bits per heavy atom. The van der Waals surface area contributed by atoms with Gasteiger partial charge in [-0.3, -0.25) is 19.9 Å². The van der Waals surface area contributed by atoms with Gasteiger partial charge in [-0.15, -0.1) is 11.3 Å². The second kappa shape index (κ2) is 7.17. The van der Waals surface area contributed by atoms with Gasteiger partial charge in [-0.05, 0) is 36.8 Å². The van der Waals surface area contributed by atoms with Crippen molar-refractivity contribution in [2.24, 2.45) is 0 Å². The number of anilines is 3. The molecule has 0 radical (unpaired) electrons. The summed E-state index contributed by atoms with van der Waals surface area (Å²) in [6.45, 7) is 3.75. The van der Waals surface area contributed by atoms with E-state index in [1.165, 1.54) is 0 Å². The lowest BCUT2D eigenvalue weighted by molar-refractivity contribution is 0.256. The van der Waals surface area contributed by atoms with Crippen molar-refractivity contribution in [1.82, 2.24) is 20.2 Å². The van der Waals surface area contributed by atoms with Gasteiger partial charge in [0.2, 0.25) is 0 Å². The Bertz CT molecular complexity index is 1180. The third-order valence-corrected chi connectivity index (χ3v) is 5.77. The number of amides is 2. The van der Waals surface area contributed by atoms with Crippen LogP contribution in [-0.2, 0) is 6.54 Å². The molecule has 1 saturated heterocycles. The van der Waals surface area contributed by atoms with Gasteiger partial charge in [0, 0.05) is 43.3 Å². The Balaban J connectivity index is 1.38. The lowest BCUT2D eigenvalue weighted by Crippen LogP contribution is -2.32. The van der Waals surface area contributed by atoms with E-state index in [9.17, 15) is 4.79 Å². The number of carbonyl (C=O) groups is 1. The molecule has 0 saturated carbocycles. The fourth-order valence-corrected chi connectivity index (χ4v) is 4.22. The molecule has 5 rings (SSSR count). The van der Waals surface area contributed by atoms with Crippen LogP contribution in [0.2, 0.25) is 0 Å². The summed E-state index contributed by atoms with van der Waals surface area (Å²) < 4.78 is 1.08. The zero-order valence-electron chi connectivity index (χ0n) is 15.8. The highest BCUT2D eigenvalue weighted by molar-refractivity contribution is 7.16. The molecule has 1 fully saturated rings. The fourth-order valence-electron chi connectivity index (χ4n) is 3.51. The van der Waals surface area contributed by atoms with E-state index in [1.807, 2.05) is 42.8 Å². The lowest BCUT2D eigenvalue weighted by Gasteiger charge is -2.21. The summed E-state index contributed by atoms with van der Waals surface area (Å²) in [7, 11) is 0. The number of H-pyrrole nitrogens is 1. The summed E-state index contributed by atoms with van der Waals surface area (Å²) >= 11 is 1.58. The van der Waals surface area contributed by atoms with Crippen molar-refractivity contribution in [2.75, 3.05) is 28.2 Å². The zero-order valence-corrected chi connectivity index (χ0v) is 16.6. The van der Waals surface area contributed by atoms with Gasteiger partial charge < -0.3 is 5.32 Å². The highest BCUT2D eigenvalue weighted by atomic mass is 32.1. The summed E-state index contributed by atoms with van der Waals surface area (Å²) in [5.41, 5.74) is 6.47. The zero-order chi connectivity index (χ0) is 19.8. The van der Waals surface area contributed by atoms with Gasteiger partial charge in [-0.1, -0.05) is 0 Å². The number of carbonyl (C=O) groups excluding carboxylic acids is 1. The highest BCUT2D eigenvalue weighted by Crippen LogP contribution is 2.30. The average molecular weight is 405 g/mol. The van der Waals surface area contributed by atoms with Crippen LogP contribution >= 0.6 is 11.3 Å². The molecule has 1 aromatic carbocycles. The molecule has 2 amide bonds. The van der Waals surface area contributed by atoms with Crippen LogP contribution in [0.5, 0.6) is 0 Å². The molecule has 29 heavy (non-hydrogen) atoms. The summed E-state index contributed by atoms with van der Waals surface area (Å²) in [5, 5.41) is 10.4. The summed E-state index contributed by atoms with van der Waals surface area (Å²) in [5.74, 6) is 0.775. The van der Waals surface area contributed by atoms with Crippen LogP contribution in [0.3, 0.4) is 0 Å². The number of hydrogen-bond donors (Lipinski definition) is 2. The molecule has 9 heteroatoms. The SMILES string of the molecule is Cc1cc(NCc2ccncc2N2CCN(c3ccc4ncsc4c3)C2=O)n[nH]1. The van der Waals surface area contributed by atoms with Crippen LogP contribution in [0, 0.1) is 6.92 Å². The number of urea groups is 1. The van der Waals surface area contributed by atoms with Crippen LogP contribution in [0.4, 0.5) is 22.0 Å². The maximum absolute atomic E-state index is 13.2. The number of aromatic nitrogens is 4. The number of hydrogen-bond acceptors (Lipinski definition) is 6. The van der Waals surface area contributed by atoms with E-state index >= 15 is 0 Å². The Morgan fingerprint density at radius 3 is 2.97 bits per heavy atom. The number of nitrogens with one attached hydrogen (secondary N) is 2. The van der Waals surface area contributed by atoms with E-state index in [-0.39, 0.29) is 6.03 Å². The van der Waals surface area contributed by atoms with Gasteiger partial charge in [-0.25, -0.2) is 9.78 Å². The first kappa shape index (κ1) is 17.6. The predicted octanol–water partition coefficient (Wildman–Crippen LogP) is 3.78. The molecule has 3 aromatic heterocycles. The Morgan fingerprint density at radius 2 is 2.10 bits per heavy atom. The first-order chi connectivity index (χ1) is 14.2. The molecule has 1 aliphatic heterocycles. The lowest BCUT2D eigenvalue weighted by atomic mass is 10.2. The Labute approximate surface area is 171 Å². The largest absolute Gasteiger partial charge is 0.364 e. The van der Waals surface area contributed by atoms with Gasteiger partial charge in [-0.2, -0.15) is 5.10 Å². The third kappa shape index (κ3) is 3.29. The topological polar surface area (TPSA) is 90.0 Å². The number of fused-ring (bicyclic) bond motifs is 1. The van der Waals surface area contributed by atoms with Crippen LogP contribution in [0.25, 0.3) is 10.2 Å². The number of benzene rings is 1. The minimum absolute atomic E-state index is 0.0428. The molecule has 1 aliphatic rings. The van der Waals surface area contributed by atoms with Crippen LogP contribution in [-0.4, -0.2) is 39.3 Å². The maximum atomic E-state index is 13.2. The third-order valence-electron chi connectivity index (χ3n) is 4.98. The van der Waals surface area contributed by atoms with Crippen molar-refractivity contribution >= 4 is 44.8 Å². The molecule has 0 spiro atoms. The molecule has 0 atom stereocenters. The highest BCUT2D eigenvalue weighted by Gasteiger charge is 2.32. The van der Waals surface area contributed by atoms with Gasteiger partial charge in [0.1, 0.15) is 5.82 Å². The molecule has 4 heterocycles. The fraction of sp³-hybridized carbons (Fsp3) is 0.200. The number of pyridine rings is 1. The van der Waals surface area contributed by atoms with Crippen LogP contribution < -0.4 is 15.1 Å². The van der Waals surface area contributed by atoms with Gasteiger partial charge in [0.25, 0.3) is 0 Å². The van der Waals surface area contributed by atoms with Crippen molar-refractivity contribution in [3.8, 4) is 0 Å². The van der Waals surface area contributed by atoms with Crippen LogP contribution in [0.15, 0.2) is 48.2 Å². The van der Waals surface area contributed by atoms with Crippen molar-refractivity contribution < 1.29 is 4.79 Å². The second-order valence-electron chi connectivity index (χ2n) is 6.88. The van der Waals surface area contributed by atoms with E-state index < -0.39 is 0 Å². The first-order valence-corrected chi connectivity index (χ1v) is 10.2. The van der Waals surface area contributed by atoms with Crippen molar-refractivity contribution in [3.63, 3.8) is 0 Å². The number of nitrogens with zero attached hydrogens (tertiary/aromatic N) is 5. The van der Waals surface area contributed by atoms with Crippen LogP contribution in [0.1, 0.15) is 11.3 Å². The van der Waals surface area contributed by atoms with Crippen molar-refractivity contribution in [1.29, 1.82) is 0 Å². The molecular formula is C20H19N7OS. The summed E-state index contributed by atoms with van der Waals surface area (Å²) in [6, 6.07) is 9.77. The Kier molecular flexibility index (Phi) is 4.36. The number of thiazole rings is 1. The average Bonchev–Trinajstić information content (AvgIpc) is 3.46. The molecule has 0 unspecified atom stereocenters. The van der Waals surface area contributed by atoms with E-state index in [4.69, 9.17) is 0 Å². The minimum atomic E-state index is -0.0428. The van der Waals surface area contributed by atoms with E-state index in [2.05, 4.69) is 25.5 Å². The van der Waals surface area contributed by atoms with Gasteiger partial charge >= 0.3 is 6.03 Å². The molecule has 8 nitrogen and oxygen atoms in total.